The Balaban J connectivity index is 2.52. The molecule has 0 atom stereocenters. The Kier molecular flexibility index (Phi) is 4.69. The van der Waals surface area contributed by atoms with Gasteiger partial charge in [-0.05, 0) is 18.6 Å². The minimum atomic E-state index is -0.447. The molecule has 0 bridgehead atoms. The summed E-state index contributed by atoms with van der Waals surface area (Å²) in [7, 11) is 1.30. The fraction of sp³-hybridized carbons (Fsp3) is 0.385. The van der Waals surface area contributed by atoms with Crippen LogP contribution in [0.1, 0.15) is 13.3 Å². The van der Waals surface area contributed by atoms with Crippen molar-refractivity contribution in [2.45, 2.75) is 13.3 Å². The summed E-state index contributed by atoms with van der Waals surface area (Å²) in [5.41, 5.74) is 2.26. The molecule has 8 heteroatoms. The summed E-state index contributed by atoms with van der Waals surface area (Å²) in [5, 5.41) is 11.4. The first kappa shape index (κ1) is 15.2. The van der Waals surface area contributed by atoms with Crippen molar-refractivity contribution < 1.29 is 14.5 Å². The van der Waals surface area contributed by atoms with Crippen LogP contribution in [0.2, 0.25) is 0 Å². The lowest BCUT2D eigenvalue weighted by Crippen LogP contribution is -2.31. The first-order valence-electron chi connectivity index (χ1n) is 6.40. The molecule has 1 aromatic carbocycles. The lowest BCUT2D eigenvalue weighted by atomic mass is 10.2. The highest BCUT2D eigenvalue weighted by atomic mass is 32.1. The Bertz CT molecular complexity index is 670. The van der Waals surface area contributed by atoms with E-state index in [1.165, 1.54) is 18.4 Å². The van der Waals surface area contributed by atoms with Crippen molar-refractivity contribution >= 4 is 38.9 Å². The van der Waals surface area contributed by atoms with E-state index in [4.69, 9.17) is 0 Å². The topological polar surface area (TPSA) is 85.6 Å². The second-order valence-corrected chi connectivity index (χ2v) is 5.27. The van der Waals surface area contributed by atoms with Crippen molar-refractivity contribution in [2.24, 2.45) is 0 Å². The van der Waals surface area contributed by atoms with E-state index in [0.29, 0.717) is 17.7 Å². The molecule has 7 nitrogen and oxygen atoms in total. The number of anilines is 1. The van der Waals surface area contributed by atoms with Crippen molar-refractivity contribution in [3.8, 4) is 0 Å². The van der Waals surface area contributed by atoms with Crippen molar-refractivity contribution in [1.29, 1.82) is 0 Å². The number of rotatable bonds is 6. The van der Waals surface area contributed by atoms with E-state index in [1.54, 1.807) is 22.5 Å². The van der Waals surface area contributed by atoms with Gasteiger partial charge in [0, 0.05) is 6.54 Å². The summed E-state index contributed by atoms with van der Waals surface area (Å²) in [6.45, 7) is 2.43. The third kappa shape index (κ3) is 3.10. The zero-order valence-electron chi connectivity index (χ0n) is 11.7. The summed E-state index contributed by atoms with van der Waals surface area (Å²) in [4.78, 5) is 28.2. The predicted molar refractivity (Wildman–Crippen MR) is 80.8 cm³/mol. The molecule has 1 heterocycles. The highest BCUT2D eigenvalue weighted by Crippen LogP contribution is 2.36. The lowest BCUT2D eigenvalue weighted by molar-refractivity contribution is -0.382. The second-order valence-electron chi connectivity index (χ2n) is 4.39. The molecule has 0 spiro atoms. The average Bonchev–Trinajstić information content (AvgIpc) is 2.93. The van der Waals surface area contributed by atoms with E-state index >= 15 is 0 Å². The van der Waals surface area contributed by atoms with E-state index in [2.05, 4.69) is 9.72 Å². The van der Waals surface area contributed by atoms with Gasteiger partial charge < -0.3 is 9.64 Å². The molecule has 0 aliphatic carbocycles. The SMILES string of the molecule is CCCN(CC(=O)OC)c1ccc2scnc2c1[N+](=O)[O-]. The fourth-order valence-electron chi connectivity index (χ4n) is 2.12. The first-order valence-corrected chi connectivity index (χ1v) is 7.28. The molecule has 112 valence electrons. The molecule has 21 heavy (non-hydrogen) atoms. The predicted octanol–water partition coefficient (Wildman–Crippen LogP) is 2.59. The van der Waals surface area contributed by atoms with Crippen LogP contribution in [0.4, 0.5) is 11.4 Å². The van der Waals surface area contributed by atoms with Crippen molar-refractivity contribution in [3.05, 3.63) is 27.8 Å². The minimum absolute atomic E-state index is 0.0270. The van der Waals surface area contributed by atoms with Gasteiger partial charge in [-0.15, -0.1) is 11.3 Å². The molecule has 2 rings (SSSR count). The molecule has 0 saturated carbocycles. The number of nitro groups is 1. The lowest BCUT2D eigenvalue weighted by Gasteiger charge is -2.22. The number of ether oxygens (including phenoxy) is 1. The number of fused-ring (bicyclic) bond motifs is 1. The van der Waals surface area contributed by atoms with Crippen LogP contribution >= 0.6 is 11.3 Å². The van der Waals surface area contributed by atoms with Crippen LogP contribution in [-0.2, 0) is 9.53 Å². The maximum atomic E-state index is 11.5. The van der Waals surface area contributed by atoms with Gasteiger partial charge in [0.25, 0.3) is 0 Å². The number of esters is 1. The number of carbonyl (C=O) groups excluding carboxylic acids is 1. The molecule has 0 saturated heterocycles. The van der Waals surface area contributed by atoms with Crippen LogP contribution in [0.15, 0.2) is 17.6 Å². The Morgan fingerprint density at radius 2 is 2.29 bits per heavy atom. The van der Waals surface area contributed by atoms with Crippen LogP contribution in [0.25, 0.3) is 10.2 Å². The van der Waals surface area contributed by atoms with E-state index in [9.17, 15) is 14.9 Å². The molecule has 0 unspecified atom stereocenters. The van der Waals surface area contributed by atoms with Crippen LogP contribution < -0.4 is 4.90 Å². The standard InChI is InChI=1S/C13H15N3O4S/c1-3-6-15(7-11(17)20-2)9-4-5-10-12(14-8-21-10)13(9)16(18)19/h4-5,8H,3,6-7H2,1-2H3. The fourth-order valence-corrected chi connectivity index (χ4v) is 2.80. The highest BCUT2D eigenvalue weighted by molar-refractivity contribution is 7.16. The molecular formula is C13H15N3O4S. The number of nitrogens with zero attached hydrogens (tertiary/aromatic N) is 3. The number of nitro benzene ring substituents is 1. The van der Waals surface area contributed by atoms with Crippen LogP contribution in [-0.4, -0.2) is 36.1 Å². The monoisotopic (exact) mass is 309 g/mol. The van der Waals surface area contributed by atoms with Crippen LogP contribution in [0.3, 0.4) is 0 Å². The van der Waals surface area contributed by atoms with Crippen LogP contribution in [0, 0.1) is 10.1 Å². The smallest absolute Gasteiger partial charge is 0.325 e. The molecule has 1 aromatic heterocycles. The molecule has 0 fully saturated rings. The highest BCUT2D eigenvalue weighted by Gasteiger charge is 2.25. The van der Waals surface area contributed by atoms with Gasteiger partial charge in [0.2, 0.25) is 0 Å². The Hall–Kier alpha value is -2.22. The summed E-state index contributed by atoms with van der Waals surface area (Å²) >= 11 is 1.35. The molecule has 0 radical (unpaired) electrons. The Labute approximate surface area is 125 Å². The van der Waals surface area contributed by atoms with Crippen molar-refractivity contribution in [1.82, 2.24) is 4.98 Å². The van der Waals surface area contributed by atoms with Gasteiger partial charge in [-0.25, -0.2) is 4.98 Å². The van der Waals surface area contributed by atoms with Crippen molar-refractivity contribution in [3.63, 3.8) is 0 Å². The quantitative estimate of drug-likeness (QED) is 0.463. The molecule has 0 amide bonds. The summed E-state index contributed by atoms with van der Waals surface area (Å²) in [6.07, 6.45) is 0.753. The Morgan fingerprint density at radius 3 is 2.90 bits per heavy atom. The van der Waals surface area contributed by atoms with Crippen LogP contribution in [0.5, 0.6) is 0 Å². The first-order chi connectivity index (χ1) is 10.1. The third-order valence-electron chi connectivity index (χ3n) is 3.02. The zero-order valence-corrected chi connectivity index (χ0v) is 12.6. The number of carbonyl (C=O) groups is 1. The van der Waals surface area contributed by atoms with Gasteiger partial charge in [0.15, 0.2) is 5.52 Å². The average molecular weight is 309 g/mol. The third-order valence-corrected chi connectivity index (χ3v) is 3.81. The summed E-state index contributed by atoms with van der Waals surface area (Å²) < 4.78 is 5.41. The van der Waals surface area contributed by atoms with E-state index in [-0.39, 0.29) is 12.2 Å². The van der Waals surface area contributed by atoms with E-state index in [0.717, 1.165) is 11.1 Å². The number of aromatic nitrogens is 1. The van der Waals surface area contributed by atoms with E-state index in [1.807, 2.05) is 6.92 Å². The largest absolute Gasteiger partial charge is 0.468 e. The number of hydrogen-bond donors (Lipinski definition) is 0. The van der Waals surface area contributed by atoms with Gasteiger partial charge in [-0.1, -0.05) is 6.92 Å². The Morgan fingerprint density at radius 1 is 1.52 bits per heavy atom. The van der Waals surface area contributed by atoms with Crippen molar-refractivity contribution in [2.75, 3.05) is 25.1 Å². The van der Waals surface area contributed by atoms with E-state index < -0.39 is 10.9 Å². The van der Waals surface area contributed by atoms with Gasteiger partial charge >= 0.3 is 11.7 Å². The number of methoxy groups -OCH3 is 1. The van der Waals surface area contributed by atoms with Gasteiger partial charge in [0.1, 0.15) is 12.2 Å². The maximum absolute atomic E-state index is 11.5. The molecule has 0 aliphatic rings. The zero-order chi connectivity index (χ0) is 15.4. The van der Waals surface area contributed by atoms with Gasteiger partial charge in [-0.3, -0.25) is 14.9 Å². The number of thiazole rings is 1. The molecular weight excluding hydrogens is 294 g/mol. The van der Waals surface area contributed by atoms with Gasteiger partial charge in [-0.2, -0.15) is 0 Å². The maximum Gasteiger partial charge on any atom is 0.325 e. The second kappa shape index (κ2) is 6.49. The molecule has 0 N–H and O–H groups in total. The summed E-state index contributed by atoms with van der Waals surface area (Å²) in [6, 6.07) is 3.45. The summed E-state index contributed by atoms with van der Waals surface area (Å²) in [5.74, 6) is -0.434. The number of hydrogen-bond acceptors (Lipinski definition) is 7. The van der Waals surface area contributed by atoms with Gasteiger partial charge in [0.05, 0.1) is 22.2 Å². The minimum Gasteiger partial charge on any atom is -0.468 e. The molecule has 0 aliphatic heterocycles. The molecule has 2 aromatic rings. The number of benzene rings is 1. The normalized spacial score (nSPS) is 10.6.